The van der Waals surface area contributed by atoms with Gasteiger partial charge in [-0.1, -0.05) is 26.8 Å². The van der Waals surface area contributed by atoms with Crippen molar-refractivity contribution < 1.29 is 0 Å². The summed E-state index contributed by atoms with van der Waals surface area (Å²) in [5, 5.41) is 3.62. The maximum absolute atomic E-state index is 4.66. The Hall–Kier alpha value is -0.890. The van der Waals surface area contributed by atoms with E-state index in [1.54, 1.807) is 0 Å². The third-order valence-electron chi connectivity index (χ3n) is 4.48. The van der Waals surface area contributed by atoms with Crippen LogP contribution in [0.5, 0.6) is 0 Å². The van der Waals surface area contributed by atoms with Crippen LogP contribution in [0.25, 0.3) is 0 Å². The summed E-state index contributed by atoms with van der Waals surface area (Å²) in [6, 6.07) is 4.90. The molecule has 0 saturated heterocycles. The van der Waals surface area contributed by atoms with E-state index in [-0.39, 0.29) is 0 Å². The van der Waals surface area contributed by atoms with Crippen LogP contribution in [0.3, 0.4) is 0 Å². The fourth-order valence-electron chi connectivity index (χ4n) is 3.57. The van der Waals surface area contributed by atoms with E-state index in [9.17, 15) is 0 Å². The highest BCUT2D eigenvalue weighted by atomic mass is 14.9. The second kappa shape index (κ2) is 6.04. The van der Waals surface area contributed by atoms with Crippen LogP contribution in [0.4, 0.5) is 0 Å². The molecule has 19 heavy (non-hydrogen) atoms. The highest BCUT2D eigenvalue weighted by molar-refractivity contribution is 5.30. The summed E-state index contributed by atoms with van der Waals surface area (Å²) in [5.41, 5.74) is 3.14. The summed E-state index contributed by atoms with van der Waals surface area (Å²) < 4.78 is 0. The second-order valence-corrected chi connectivity index (χ2v) is 6.69. The average molecular weight is 260 g/mol. The lowest BCUT2D eigenvalue weighted by Gasteiger charge is -2.34. The van der Waals surface area contributed by atoms with Crippen LogP contribution < -0.4 is 5.32 Å². The fourth-order valence-corrected chi connectivity index (χ4v) is 3.57. The van der Waals surface area contributed by atoms with E-state index in [1.165, 1.54) is 36.9 Å². The van der Waals surface area contributed by atoms with Gasteiger partial charge in [0.2, 0.25) is 0 Å². The molecule has 1 heterocycles. The number of rotatable bonds is 6. The molecule has 2 heteroatoms. The van der Waals surface area contributed by atoms with Gasteiger partial charge in [-0.05, 0) is 56.2 Å². The van der Waals surface area contributed by atoms with Crippen LogP contribution in [-0.4, -0.2) is 17.6 Å². The Labute approximate surface area is 118 Å². The predicted octanol–water partition coefficient (Wildman–Crippen LogP) is 3.92. The van der Waals surface area contributed by atoms with Gasteiger partial charge >= 0.3 is 0 Å². The summed E-state index contributed by atoms with van der Waals surface area (Å²) in [4.78, 5) is 4.66. The van der Waals surface area contributed by atoms with Gasteiger partial charge in [0.05, 0.1) is 0 Å². The highest BCUT2D eigenvalue weighted by Crippen LogP contribution is 2.46. The van der Waals surface area contributed by atoms with E-state index < -0.39 is 0 Å². The molecule has 1 aliphatic rings. The maximum atomic E-state index is 4.66. The van der Waals surface area contributed by atoms with Gasteiger partial charge < -0.3 is 5.32 Å². The topological polar surface area (TPSA) is 24.9 Å². The molecule has 0 amide bonds. The molecule has 106 valence electrons. The molecule has 1 N–H and O–H groups in total. The largest absolute Gasteiger partial charge is 0.314 e. The average Bonchev–Trinajstić information content (AvgIpc) is 2.80. The Kier molecular flexibility index (Phi) is 4.62. The third kappa shape index (κ3) is 3.36. The number of aryl methyl sites for hydroxylation is 1. The summed E-state index contributed by atoms with van der Waals surface area (Å²) in [6.07, 6.45) is 6.84. The quantitative estimate of drug-likeness (QED) is 0.838. The van der Waals surface area contributed by atoms with Crippen molar-refractivity contribution in [1.82, 2.24) is 10.3 Å². The third-order valence-corrected chi connectivity index (χ3v) is 4.48. The molecule has 0 radical (unpaired) electrons. The molecule has 0 bridgehead atoms. The van der Waals surface area contributed by atoms with Crippen LogP contribution in [0.1, 0.15) is 64.1 Å². The van der Waals surface area contributed by atoms with Gasteiger partial charge in [-0.3, -0.25) is 4.98 Å². The monoisotopic (exact) mass is 260 g/mol. The molecule has 0 aliphatic heterocycles. The first-order chi connectivity index (χ1) is 9.04. The van der Waals surface area contributed by atoms with Gasteiger partial charge in [-0.25, -0.2) is 0 Å². The molecular formula is C17H28N2. The molecule has 0 saturated carbocycles. The van der Waals surface area contributed by atoms with E-state index in [4.69, 9.17) is 0 Å². The van der Waals surface area contributed by atoms with Crippen LogP contribution in [0.15, 0.2) is 18.3 Å². The van der Waals surface area contributed by atoms with Crippen molar-refractivity contribution in [3.05, 3.63) is 29.6 Å². The molecule has 0 fully saturated rings. The van der Waals surface area contributed by atoms with Crippen molar-refractivity contribution in [2.24, 2.45) is 5.41 Å². The van der Waals surface area contributed by atoms with E-state index >= 15 is 0 Å². The Morgan fingerprint density at radius 1 is 1.47 bits per heavy atom. The molecule has 1 aliphatic carbocycles. The fraction of sp³-hybridized carbons (Fsp3) is 0.706. The van der Waals surface area contributed by atoms with Gasteiger partial charge in [0.15, 0.2) is 0 Å². The molecule has 2 unspecified atom stereocenters. The minimum absolute atomic E-state index is 0.319. The van der Waals surface area contributed by atoms with Crippen molar-refractivity contribution in [1.29, 1.82) is 0 Å². The number of pyridine rings is 1. The predicted molar refractivity (Wildman–Crippen MR) is 81.5 cm³/mol. The number of aromatic nitrogens is 1. The maximum Gasteiger partial charge on any atom is 0.0471 e. The number of nitrogens with one attached hydrogen (secondary N) is 1. The van der Waals surface area contributed by atoms with Crippen molar-refractivity contribution >= 4 is 0 Å². The van der Waals surface area contributed by atoms with E-state index in [1.807, 2.05) is 6.20 Å². The first-order valence-corrected chi connectivity index (χ1v) is 7.71. The smallest absolute Gasteiger partial charge is 0.0471 e. The Bertz CT molecular complexity index is 411. The van der Waals surface area contributed by atoms with Crippen LogP contribution in [0.2, 0.25) is 0 Å². The van der Waals surface area contributed by atoms with E-state index in [2.05, 4.69) is 50.1 Å². The van der Waals surface area contributed by atoms with Gasteiger partial charge in [0, 0.05) is 23.9 Å². The molecule has 0 aromatic carbocycles. The lowest BCUT2D eigenvalue weighted by atomic mass is 9.73. The second-order valence-electron chi connectivity index (χ2n) is 6.69. The first kappa shape index (κ1) is 14.5. The molecule has 2 nitrogen and oxygen atoms in total. The normalized spacial score (nSPS) is 20.3. The minimum Gasteiger partial charge on any atom is -0.314 e. The molecule has 2 atom stereocenters. The summed E-state index contributed by atoms with van der Waals surface area (Å²) >= 11 is 0. The number of fused-ring (bicyclic) bond motifs is 1. The summed E-state index contributed by atoms with van der Waals surface area (Å²) in [6.45, 7) is 10.5. The molecule has 0 spiro atoms. The van der Waals surface area contributed by atoms with Crippen LogP contribution in [-0.2, 0) is 6.42 Å². The van der Waals surface area contributed by atoms with Crippen LogP contribution in [0, 0.1) is 5.41 Å². The van der Waals surface area contributed by atoms with E-state index in [0.717, 1.165) is 6.54 Å². The SMILES string of the molecule is CCCNC(C)CC(C)(C)C1CCc2cccnc21. The van der Waals surface area contributed by atoms with E-state index in [0.29, 0.717) is 17.4 Å². The molecule has 2 rings (SSSR count). The van der Waals surface area contributed by atoms with Crippen molar-refractivity contribution in [3.63, 3.8) is 0 Å². The van der Waals surface area contributed by atoms with Crippen molar-refractivity contribution in [3.8, 4) is 0 Å². The minimum atomic E-state index is 0.319. The Balaban J connectivity index is 2.04. The van der Waals surface area contributed by atoms with Gasteiger partial charge in [-0.2, -0.15) is 0 Å². The van der Waals surface area contributed by atoms with Gasteiger partial charge in [0.1, 0.15) is 0 Å². The molecule has 1 aromatic rings. The first-order valence-electron chi connectivity index (χ1n) is 7.71. The van der Waals surface area contributed by atoms with Crippen LogP contribution >= 0.6 is 0 Å². The van der Waals surface area contributed by atoms with Gasteiger partial charge in [0.25, 0.3) is 0 Å². The van der Waals surface area contributed by atoms with Crippen molar-refractivity contribution in [2.75, 3.05) is 6.54 Å². The highest BCUT2D eigenvalue weighted by Gasteiger charge is 2.37. The summed E-state index contributed by atoms with van der Waals surface area (Å²) in [7, 11) is 0. The number of nitrogens with zero attached hydrogens (tertiary/aromatic N) is 1. The van der Waals surface area contributed by atoms with Crippen molar-refractivity contribution in [2.45, 2.75) is 65.3 Å². The Morgan fingerprint density at radius 2 is 2.26 bits per heavy atom. The molecular weight excluding hydrogens is 232 g/mol. The number of hydrogen-bond donors (Lipinski definition) is 1. The summed E-state index contributed by atoms with van der Waals surface area (Å²) in [5.74, 6) is 0.620. The zero-order chi connectivity index (χ0) is 13.9. The zero-order valence-corrected chi connectivity index (χ0v) is 12.9. The van der Waals surface area contributed by atoms with Gasteiger partial charge in [-0.15, -0.1) is 0 Å². The Morgan fingerprint density at radius 3 is 3.00 bits per heavy atom. The lowest BCUT2D eigenvalue weighted by Crippen LogP contribution is -2.34. The standard InChI is InChI=1S/C17H28N2/c1-5-10-18-13(2)12-17(3,4)15-9-8-14-7-6-11-19-16(14)15/h6-7,11,13,15,18H,5,8-10,12H2,1-4H3. The zero-order valence-electron chi connectivity index (χ0n) is 12.9. The molecule has 1 aromatic heterocycles. The lowest BCUT2D eigenvalue weighted by molar-refractivity contribution is 0.228. The number of hydrogen-bond acceptors (Lipinski definition) is 2.